The SMILES string of the molecule is Cc1ccc(/C=C(/SCc2ccc([N+](=O)[O-])cc2)N2CCOCC2)cc1. The smallest absolute Gasteiger partial charge is 0.269 e. The Balaban J connectivity index is 1.74. The molecule has 0 bridgehead atoms. The third kappa shape index (κ3) is 5.09. The van der Waals surface area contributed by atoms with Gasteiger partial charge in [-0.15, -0.1) is 11.8 Å². The number of rotatable bonds is 6. The summed E-state index contributed by atoms with van der Waals surface area (Å²) in [5, 5.41) is 12.0. The summed E-state index contributed by atoms with van der Waals surface area (Å²) in [7, 11) is 0. The van der Waals surface area contributed by atoms with Gasteiger partial charge in [-0.2, -0.15) is 0 Å². The first kappa shape index (κ1) is 18.5. The third-order valence-corrected chi connectivity index (χ3v) is 5.37. The molecule has 136 valence electrons. The van der Waals surface area contributed by atoms with Crippen molar-refractivity contribution in [3.05, 3.63) is 80.4 Å². The zero-order valence-corrected chi connectivity index (χ0v) is 15.6. The van der Waals surface area contributed by atoms with Crippen LogP contribution in [0.3, 0.4) is 0 Å². The lowest BCUT2D eigenvalue weighted by Gasteiger charge is -2.30. The molecule has 0 amide bonds. The summed E-state index contributed by atoms with van der Waals surface area (Å²) in [6, 6.07) is 15.3. The first-order valence-electron chi connectivity index (χ1n) is 8.59. The van der Waals surface area contributed by atoms with Gasteiger partial charge in [-0.1, -0.05) is 42.0 Å². The Bertz CT molecular complexity index is 767. The van der Waals surface area contributed by atoms with E-state index in [0.29, 0.717) is 0 Å². The Labute approximate surface area is 157 Å². The van der Waals surface area contributed by atoms with Gasteiger partial charge in [-0.3, -0.25) is 10.1 Å². The van der Waals surface area contributed by atoms with Crippen LogP contribution < -0.4 is 0 Å². The normalized spacial score (nSPS) is 15.1. The van der Waals surface area contributed by atoms with Crippen molar-refractivity contribution < 1.29 is 9.66 Å². The Morgan fingerprint density at radius 3 is 2.42 bits per heavy atom. The molecule has 0 atom stereocenters. The number of nitro benzene ring substituents is 1. The first-order valence-corrected chi connectivity index (χ1v) is 9.57. The summed E-state index contributed by atoms with van der Waals surface area (Å²) in [5.74, 6) is 0.771. The Kier molecular flexibility index (Phi) is 6.30. The van der Waals surface area contributed by atoms with Gasteiger partial charge in [0.1, 0.15) is 0 Å². The summed E-state index contributed by atoms with van der Waals surface area (Å²) in [5.41, 5.74) is 3.62. The average molecular weight is 370 g/mol. The molecular weight excluding hydrogens is 348 g/mol. The Hall–Kier alpha value is -2.31. The molecule has 1 aliphatic heterocycles. The van der Waals surface area contributed by atoms with E-state index in [2.05, 4.69) is 42.2 Å². The van der Waals surface area contributed by atoms with E-state index >= 15 is 0 Å². The van der Waals surface area contributed by atoms with Crippen LogP contribution in [0.5, 0.6) is 0 Å². The van der Waals surface area contributed by atoms with Crippen molar-refractivity contribution in [2.45, 2.75) is 12.7 Å². The monoisotopic (exact) mass is 370 g/mol. The lowest BCUT2D eigenvalue weighted by atomic mass is 10.1. The number of thioether (sulfide) groups is 1. The van der Waals surface area contributed by atoms with Gasteiger partial charge in [0, 0.05) is 31.0 Å². The van der Waals surface area contributed by atoms with Crippen molar-refractivity contribution in [3.63, 3.8) is 0 Å². The lowest BCUT2D eigenvalue weighted by Crippen LogP contribution is -2.34. The molecule has 0 unspecified atom stereocenters. The molecule has 0 N–H and O–H groups in total. The molecule has 6 heteroatoms. The summed E-state index contributed by atoms with van der Waals surface area (Å²) >= 11 is 1.76. The van der Waals surface area contributed by atoms with E-state index in [-0.39, 0.29) is 10.6 Å². The highest BCUT2D eigenvalue weighted by Crippen LogP contribution is 2.28. The largest absolute Gasteiger partial charge is 0.378 e. The lowest BCUT2D eigenvalue weighted by molar-refractivity contribution is -0.384. The quantitative estimate of drug-likeness (QED) is 0.555. The van der Waals surface area contributed by atoms with Crippen molar-refractivity contribution >= 4 is 23.5 Å². The van der Waals surface area contributed by atoms with E-state index in [9.17, 15) is 10.1 Å². The zero-order valence-electron chi connectivity index (χ0n) is 14.8. The maximum Gasteiger partial charge on any atom is 0.269 e. The van der Waals surface area contributed by atoms with E-state index in [4.69, 9.17) is 4.74 Å². The van der Waals surface area contributed by atoms with Crippen LogP contribution in [0.25, 0.3) is 6.08 Å². The number of hydrogen-bond donors (Lipinski definition) is 0. The Morgan fingerprint density at radius 1 is 1.15 bits per heavy atom. The molecular formula is C20H22N2O3S. The highest BCUT2D eigenvalue weighted by molar-refractivity contribution is 8.02. The number of ether oxygens (including phenoxy) is 1. The highest BCUT2D eigenvalue weighted by Gasteiger charge is 2.15. The summed E-state index contributed by atoms with van der Waals surface area (Å²) < 4.78 is 5.47. The van der Waals surface area contributed by atoms with Gasteiger partial charge in [-0.05, 0) is 24.1 Å². The van der Waals surface area contributed by atoms with Crippen molar-refractivity contribution in [2.75, 3.05) is 26.3 Å². The number of non-ortho nitro benzene ring substituents is 1. The zero-order chi connectivity index (χ0) is 18.4. The molecule has 0 aromatic heterocycles. The number of benzene rings is 2. The second kappa shape index (κ2) is 8.87. The van der Waals surface area contributed by atoms with Crippen LogP contribution in [-0.4, -0.2) is 36.1 Å². The molecule has 2 aromatic carbocycles. The number of morpholine rings is 1. The van der Waals surface area contributed by atoms with Crippen molar-refractivity contribution in [3.8, 4) is 0 Å². The van der Waals surface area contributed by atoms with Gasteiger partial charge >= 0.3 is 0 Å². The van der Waals surface area contributed by atoms with Crippen LogP contribution in [0.15, 0.2) is 53.6 Å². The predicted octanol–water partition coefficient (Wildman–Crippen LogP) is 4.47. The molecule has 0 spiro atoms. The minimum atomic E-state index is -0.368. The number of nitro groups is 1. The topological polar surface area (TPSA) is 55.6 Å². The van der Waals surface area contributed by atoms with Gasteiger partial charge in [0.25, 0.3) is 5.69 Å². The molecule has 5 nitrogen and oxygen atoms in total. The molecule has 26 heavy (non-hydrogen) atoms. The average Bonchev–Trinajstić information content (AvgIpc) is 2.67. The van der Waals surface area contributed by atoms with Gasteiger partial charge in [-0.25, -0.2) is 0 Å². The molecule has 1 fully saturated rings. The molecule has 3 rings (SSSR count). The van der Waals surface area contributed by atoms with Gasteiger partial charge in [0.15, 0.2) is 0 Å². The molecule has 1 aliphatic rings. The first-order chi connectivity index (χ1) is 12.6. The van der Waals surface area contributed by atoms with E-state index in [1.54, 1.807) is 23.9 Å². The maximum absolute atomic E-state index is 10.8. The highest BCUT2D eigenvalue weighted by atomic mass is 32.2. The summed E-state index contributed by atoms with van der Waals surface area (Å²) in [4.78, 5) is 12.8. The predicted molar refractivity (Wildman–Crippen MR) is 106 cm³/mol. The van der Waals surface area contributed by atoms with Crippen molar-refractivity contribution in [1.29, 1.82) is 0 Å². The van der Waals surface area contributed by atoms with E-state index in [1.807, 2.05) is 12.1 Å². The fourth-order valence-corrected chi connectivity index (χ4v) is 3.78. The summed E-state index contributed by atoms with van der Waals surface area (Å²) in [6.45, 7) is 5.32. The Morgan fingerprint density at radius 2 is 1.81 bits per heavy atom. The minimum Gasteiger partial charge on any atom is -0.378 e. The van der Waals surface area contributed by atoms with Crippen LogP contribution in [0.2, 0.25) is 0 Å². The van der Waals surface area contributed by atoms with E-state index < -0.39 is 0 Å². The van der Waals surface area contributed by atoms with Crippen molar-refractivity contribution in [2.24, 2.45) is 0 Å². The van der Waals surface area contributed by atoms with E-state index in [1.165, 1.54) is 16.2 Å². The molecule has 1 saturated heterocycles. The number of aryl methyl sites for hydroxylation is 1. The number of nitrogens with zero attached hydrogens (tertiary/aromatic N) is 2. The number of hydrogen-bond acceptors (Lipinski definition) is 5. The van der Waals surface area contributed by atoms with E-state index in [0.717, 1.165) is 37.6 Å². The second-order valence-electron chi connectivity index (χ2n) is 6.20. The third-order valence-electron chi connectivity index (χ3n) is 4.22. The van der Waals surface area contributed by atoms with Crippen LogP contribution >= 0.6 is 11.8 Å². The standard InChI is InChI=1S/C20H22N2O3S/c1-16-2-4-17(5-3-16)14-20(21-10-12-25-13-11-21)26-15-18-6-8-19(9-7-18)22(23)24/h2-9,14H,10-13,15H2,1H3/b20-14+. The summed E-state index contributed by atoms with van der Waals surface area (Å²) in [6.07, 6.45) is 2.21. The van der Waals surface area contributed by atoms with Gasteiger partial charge < -0.3 is 9.64 Å². The maximum atomic E-state index is 10.8. The fraction of sp³-hybridized carbons (Fsp3) is 0.300. The van der Waals surface area contributed by atoms with Gasteiger partial charge in [0.2, 0.25) is 0 Å². The molecule has 1 heterocycles. The molecule has 0 aliphatic carbocycles. The van der Waals surface area contributed by atoms with Crippen molar-refractivity contribution in [1.82, 2.24) is 4.90 Å². The molecule has 0 radical (unpaired) electrons. The second-order valence-corrected chi connectivity index (χ2v) is 7.20. The van der Waals surface area contributed by atoms with Gasteiger partial charge in [0.05, 0.1) is 23.2 Å². The fourth-order valence-electron chi connectivity index (χ4n) is 2.68. The van der Waals surface area contributed by atoms with Crippen LogP contribution in [0.4, 0.5) is 5.69 Å². The van der Waals surface area contributed by atoms with Crippen LogP contribution in [0, 0.1) is 17.0 Å². The van der Waals surface area contributed by atoms with Crippen LogP contribution in [-0.2, 0) is 10.5 Å². The minimum absolute atomic E-state index is 0.127. The van der Waals surface area contributed by atoms with Crippen LogP contribution in [0.1, 0.15) is 16.7 Å². The molecule has 2 aromatic rings. The molecule has 0 saturated carbocycles.